The van der Waals surface area contributed by atoms with Crippen molar-refractivity contribution in [2.75, 3.05) is 0 Å². The number of aryl methyl sites for hydroxylation is 1. The topological polar surface area (TPSA) is 47.9 Å². The number of esters is 1. The molecular weight excluding hydrogens is 430 g/mol. The summed E-state index contributed by atoms with van der Waals surface area (Å²) in [6.45, 7) is 2.57. The minimum Gasteiger partial charge on any atom is -0.489 e. The van der Waals surface area contributed by atoms with Crippen molar-refractivity contribution in [2.24, 2.45) is 4.99 Å². The van der Waals surface area contributed by atoms with Gasteiger partial charge >= 0.3 is 5.97 Å². The summed E-state index contributed by atoms with van der Waals surface area (Å²) in [7, 11) is 0. The highest BCUT2D eigenvalue weighted by Crippen LogP contribution is 2.22. The lowest BCUT2D eigenvalue weighted by Crippen LogP contribution is -2.05. The summed E-state index contributed by atoms with van der Waals surface area (Å²) in [6.07, 6.45) is 1.71. The summed E-state index contributed by atoms with van der Waals surface area (Å²) in [5.74, 6) is 0.622. The van der Waals surface area contributed by atoms with Crippen LogP contribution in [0.25, 0.3) is 6.08 Å². The standard InChI is InChI=1S/C24H18BrNO3/c1-16-3-2-4-18(13-16)15-28-21-11-5-17(6-12-21)14-22-24(27)29-23(26-22)19-7-9-20(25)10-8-19/h2-14H,15H2,1H3/b22-14+. The maximum atomic E-state index is 12.1. The third-order valence-electron chi connectivity index (χ3n) is 4.38. The number of nitrogens with zero attached hydrogens (tertiary/aromatic N) is 1. The first-order chi connectivity index (χ1) is 14.1. The first-order valence-electron chi connectivity index (χ1n) is 9.14. The van der Waals surface area contributed by atoms with Crippen LogP contribution in [0.4, 0.5) is 0 Å². The molecule has 0 aromatic heterocycles. The number of halogens is 1. The summed E-state index contributed by atoms with van der Waals surface area (Å²) in [5, 5.41) is 0. The van der Waals surface area contributed by atoms with E-state index in [0.29, 0.717) is 12.5 Å². The number of rotatable bonds is 5. The Kier molecular flexibility index (Phi) is 5.58. The molecule has 0 saturated heterocycles. The van der Waals surface area contributed by atoms with Gasteiger partial charge in [0.2, 0.25) is 5.90 Å². The van der Waals surface area contributed by atoms with E-state index in [1.165, 1.54) is 5.56 Å². The lowest BCUT2D eigenvalue weighted by atomic mass is 10.1. The average Bonchev–Trinajstić information content (AvgIpc) is 3.08. The molecule has 0 fully saturated rings. The molecule has 1 heterocycles. The predicted octanol–water partition coefficient (Wildman–Crippen LogP) is 5.68. The Morgan fingerprint density at radius 1 is 1.03 bits per heavy atom. The number of carbonyl (C=O) groups excluding carboxylic acids is 1. The Balaban J connectivity index is 1.45. The molecule has 3 aromatic carbocycles. The van der Waals surface area contributed by atoms with Gasteiger partial charge in [-0.25, -0.2) is 9.79 Å². The maximum Gasteiger partial charge on any atom is 0.363 e. The van der Waals surface area contributed by atoms with Crippen LogP contribution in [-0.2, 0) is 16.1 Å². The van der Waals surface area contributed by atoms with Crippen LogP contribution in [0.3, 0.4) is 0 Å². The molecule has 0 saturated carbocycles. The van der Waals surface area contributed by atoms with E-state index in [9.17, 15) is 4.79 Å². The molecule has 0 N–H and O–H groups in total. The monoisotopic (exact) mass is 447 g/mol. The summed E-state index contributed by atoms with van der Waals surface area (Å²) in [5.41, 5.74) is 4.21. The molecule has 3 aromatic rings. The molecule has 5 heteroatoms. The number of ether oxygens (including phenoxy) is 2. The van der Waals surface area contributed by atoms with E-state index in [2.05, 4.69) is 40.0 Å². The Morgan fingerprint density at radius 3 is 2.52 bits per heavy atom. The summed E-state index contributed by atoms with van der Waals surface area (Å²) >= 11 is 3.39. The van der Waals surface area contributed by atoms with E-state index in [4.69, 9.17) is 9.47 Å². The fourth-order valence-electron chi connectivity index (χ4n) is 2.91. The van der Waals surface area contributed by atoms with Crippen LogP contribution in [0, 0.1) is 6.92 Å². The molecule has 0 radical (unpaired) electrons. The summed E-state index contributed by atoms with van der Waals surface area (Å²) < 4.78 is 12.1. The van der Waals surface area contributed by atoms with E-state index in [1.807, 2.05) is 60.7 Å². The fourth-order valence-corrected chi connectivity index (χ4v) is 3.18. The van der Waals surface area contributed by atoms with Crippen LogP contribution in [0.2, 0.25) is 0 Å². The first-order valence-corrected chi connectivity index (χ1v) is 9.93. The van der Waals surface area contributed by atoms with Crippen molar-refractivity contribution < 1.29 is 14.3 Å². The number of cyclic esters (lactones) is 1. The zero-order chi connectivity index (χ0) is 20.2. The molecule has 1 aliphatic rings. The van der Waals surface area contributed by atoms with Gasteiger partial charge < -0.3 is 9.47 Å². The lowest BCUT2D eigenvalue weighted by molar-refractivity contribution is -0.129. The SMILES string of the molecule is Cc1cccc(COc2ccc(/C=C3/N=C(c4ccc(Br)cc4)OC3=O)cc2)c1. The van der Waals surface area contributed by atoms with Crippen LogP contribution in [0.1, 0.15) is 22.3 Å². The molecule has 0 bridgehead atoms. The second kappa shape index (κ2) is 8.45. The van der Waals surface area contributed by atoms with E-state index < -0.39 is 5.97 Å². The van der Waals surface area contributed by atoms with Gasteiger partial charge in [-0.3, -0.25) is 0 Å². The predicted molar refractivity (Wildman–Crippen MR) is 117 cm³/mol. The van der Waals surface area contributed by atoms with Gasteiger partial charge in [0.25, 0.3) is 0 Å². The molecular formula is C24H18BrNO3. The summed E-state index contributed by atoms with van der Waals surface area (Å²) in [6, 6.07) is 23.2. The van der Waals surface area contributed by atoms with Crippen LogP contribution >= 0.6 is 15.9 Å². The molecule has 0 unspecified atom stereocenters. The normalized spacial score (nSPS) is 14.6. The largest absolute Gasteiger partial charge is 0.489 e. The molecule has 0 atom stereocenters. The van der Waals surface area contributed by atoms with E-state index >= 15 is 0 Å². The smallest absolute Gasteiger partial charge is 0.363 e. The van der Waals surface area contributed by atoms with Gasteiger partial charge in [-0.15, -0.1) is 0 Å². The van der Waals surface area contributed by atoms with Crippen molar-refractivity contribution in [2.45, 2.75) is 13.5 Å². The Hall–Kier alpha value is -3.18. The van der Waals surface area contributed by atoms with Crippen molar-refractivity contribution in [3.63, 3.8) is 0 Å². The fraction of sp³-hybridized carbons (Fsp3) is 0.0833. The van der Waals surface area contributed by atoms with Gasteiger partial charge in [-0.05, 0) is 60.5 Å². The number of benzene rings is 3. The van der Waals surface area contributed by atoms with Crippen molar-refractivity contribution in [1.82, 2.24) is 0 Å². The Morgan fingerprint density at radius 2 is 1.79 bits per heavy atom. The Bertz CT molecular complexity index is 1100. The minimum atomic E-state index is -0.456. The van der Waals surface area contributed by atoms with Crippen molar-refractivity contribution in [1.29, 1.82) is 0 Å². The van der Waals surface area contributed by atoms with Crippen LogP contribution < -0.4 is 4.74 Å². The van der Waals surface area contributed by atoms with Crippen LogP contribution in [0.15, 0.2) is 88.0 Å². The summed E-state index contributed by atoms with van der Waals surface area (Å²) in [4.78, 5) is 16.5. The first kappa shape index (κ1) is 19.2. The zero-order valence-corrected chi connectivity index (χ0v) is 17.3. The van der Waals surface area contributed by atoms with Gasteiger partial charge in [-0.2, -0.15) is 0 Å². The molecule has 0 spiro atoms. The van der Waals surface area contributed by atoms with Crippen LogP contribution in [0.5, 0.6) is 5.75 Å². The van der Waals surface area contributed by atoms with Gasteiger partial charge in [-0.1, -0.05) is 57.9 Å². The molecule has 1 aliphatic heterocycles. The van der Waals surface area contributed by atoms with Crippen molar-refractivity contribution >= 4 is 33.9 Å². The third-order valence-corrected chi connectivity index (χ3v) is 4.91. The number of aliphatic imine (C=N–C) groups is 1. The molecule has 144 valence electrons. The number of hydrogen-bond donors (Lipinski definition) is 0. The van der Waals surface area contributed by atoms with E-state index in [0.717, 1.165) is 26.9 Å². The lowest BCUT2D eigenvalue weighted by Gasteiger charge is -2.07. The highest BCUT2D eigenvalue weighted by molar-refractivity contribution is 9.10. The van der Waals surface area contributed by atoms with Crippen LogP contribution in [-0.4, -0.2) is 11.9 Å². The van der Waals surface area contributed by atoms with Crippen molar-refractivity contribution in [3.8, 4) is 5.75 Å². The molecule has 29 heavy (non-hydrogen) atoms. The number of hydrogen-bond acceptors (Lipinski definition) is 4. The Labute approximate surface area is 177 Å². The molecule has 4 rings (SSSR count). The number of carbonyl (C=O) groups is 1. The van der Waals surface area contributed by atoms with Crippen molar-refractivity contribution in [3.05, 3.63) is 105 Å². The van der Waals surface area contributed by atoms with Gasteiger partial charge in [0.05, 0.1) is 0 Å². The van der Waals surface area contributed by atoms with E-state index in [-0.39, 0.29) is 5.70 Å². The highest BCUT2D eigenvalue weighted by atomic mass is 79.9. The van der Waals surface area contributed by atoms with E-state index in [1.54, 1.807) is 6.08 Å². The van der Waals surface area contributed by atoms with Gasteiger partial charge in [0.15, 0.2) is 5.70 Å². The third kappa shape index (κ3) is 4.81. The quantitative estimate of drug-likeness (QED) is 0.373. The average molecular weight is 448 g/mol. The zero-order valence-electron chi connectivity index (χ0n) is 15.8. The minimum absolute atomic E-state index is 0.274. The molecule has 0 aliphatic carbocycles. The van der Waals surface area contributed by atoms with Gasteiger partial charge in [0.1, 0.15) is 12.4 Å². The molecule has 4 nitrogen and oxygen atoms in total. The highest BCUT2D eigenvalue weighted by Gasteiger charge is 2.24. The maximum absolute atomic E-state index is 12.1. The second-order valence-corrected chi connectivity index (χ2v) is 7.61. The molecule has 0 amide bonds. The van der Waals surface area contributed by atoms with Gasteiger partial charge in [0, 0.05) is 10.0 Å². The second-order valence-electron chi connectivity index (χ2n) is 6.69.